The molecule has 2 aliphatic carbocycles. The highest BCUT2D eigenvalue weighted by Gasteiger charge is 2.42. The zero-order chi connectivity index (χ0) is 13.7. The van der Waals surface area contributed by atoms with Crippen molar-refractivity contribution in [3.8, 4) is 0 Å². The minimum absolute atomic E-state index is 0.221. The first-order valence-corrected chi connectivity index (χ1v) is 7.81. The Labute approximate surface area is 119 Å². The average Bonchev–Trinajstić information content (AvgIpc) is 3.15. The van der Waals surface area contributed by atoms with Crippen molar-refractivity contribution in [2.45, 2.75) is 38.2 Å². The number of aliphatic hydroxyl groups excluding tert-OH is 1. The van der Waals surface area contributed by atoms with Gasteiger partial charge < -0.3 is 9.67 Å². The molecule has 0 radical (unpaired) electrons. The van der Waals surface area contributed by atoms with Crippen LogP contribution in [0, 0.1) is 17.8 Å². The molecule has 0 aliphatic heterocycles. The molecule has 3 heteroatoms. The fraction of sp³-hybridized carbons (Fsp3) is 0.588. The van der Waals surface area contributed by atoms with Gasteiger partial charge in [0.25, 0.3) is 0 Å². The standard InChI is InChI=1S/C17H22N2O/c1-19-15-5-3-2-4-14(15)18-17(19)10-16(20)13-9-11-6-7-12(13)8-11/h2-5,11-13,16,20H,6-10H2,1H3. The first kappa shape index (κ1) is 12.4. The quantitative estimate of drug-likeness (QED) is 0.931. The first-order valence-electron chi connectivity index (χ1n) is 7.81. The van der Waals surface area contributed by atoms with E-state index in [9.17, 15) is 5.11 Å². The number of hydrogen-bond acceptors (Lipinski definition) is 2. The molecule has 4 atom stereocenters. The molecule has 2 aromatic rings. The van der Waals surface area contributed by atoms with Gasteiger partial charge in [0, 0.05) is 13.5 Å². The van der Waals surface area contributed by atoms with Crippen LogP contribution in [0.2, 0.25) is 0 Å². The van der Waals surface area contributed by atoms with Crippen molar-refractivity contribution >= 4 is 11.0 Å². The Morgan fingerprint density at radius 3 is 2.85 bits per heavy atom. The molecule has 1 aromatic heterocycles. The molecular formula is C17H22N2O. The topological polar surface area (TPSA) is 38.0 Å². The van der Waals surface area contributed by atoms with Gasteiger partial charge in [0.1, 0.15) is 5.82 Å². The third-order valence-corrected chi connectivity index (χ3v) is 5.56. The lowest BCUT2D eigenvalue weighted by Gasteiger charge is -2.26. The number of hydrogen-bond donors (Lipinski definition) is 1. The highest BCUT2D eigenvalue weighted by molar-refractivity contribution is 5.75. The summed E-state index contributed by atoms with van der Waals surface area (Å²) in [4.78, 5) is 4.69. The molecule has 2 fully saturated rings. The molecule has 4 unspecified atom stereocenters. The highest BCUT2D eigenvalue weighted by Crippen LogP contribution is 2.49. The SMILES string of the molecule is Cn1c(CC(O)C2CC3CCC2C3)nc2ccccc21. The van der Waals surface area contributed by atoms with Gasteiger partial charge in [0.15, 0.2) is 0 Å². The van der Waals surface area contributed by atoms with Gasteiger partial charge in [-0.15, -0.1) is 0 Å². The van der Waals surface area contributed by atoms with Gasteiger partial charge >= 0.3 is 0 Å². The van der Waals surface area contributed by atoms with Gasteiger partial charge in [-0.05, 0) is 49.1 Å². The van der Waals surface area contributed by atoms with Gasteiger partial charge in [0.2, 0.25) is 0 Å². The number of benzene rings is 1. The summed E-state index contributed by atoms with van der Waals surface area (Å²) < 4.78 is 2.13. The summed E-state index contributed by atoms with van der Waals surface area (Å²) in [5.41, 5.74) is 2.19. The second-order valence-electron chi connectivity index (χ2n) is 6.69. The third kappa shape index (κ3) is 1.87. The second kappa shape index (κ2) is 4.59. The number of para-hydroxylation sites is 2. The number of fused-ring (bicyclic) bond motifs is 3. The van der Waals surface area contributed by atoms with Crippen molar-refractivity contribution < 1.29 is 5.11 Å². The molecule has 2 bridgehead atoms. The summed E-state index contributed by atoms with van der Waals surface area (Å²) in [6, 6.07) is 8.20. The molecule has 3 nitrogen and oxygen atoms in total. The Balaban J connectivity index is 1.56. The van der Waals surface area contributed by atoms with E-state index < -0.39 is 0 Å². The van der Waals surface area contributed by atoms with Crippen LogP contribution in [0.1, 0.15) is 31.5 Å². The zero-order valence-corrected chi connectivity index (χ0v) is 12.0. The van der Waals surface area contributed by atoms with Gasteiger partial charge in [-0.2, -0.15) is 0 Å². The summed E-state index contributed by atoms with van der Waals surface area (Å²) in [6.07, 6.45) is 5.77. The maximum atomic E-state index is 10.6. The van der Waals surface area contributed by atoms with Crippen LogP contribution in [0.4, 0.5) is 0 Å². The maximum absolute atomic E-state index is 10.6. The van der Waals surface area contributed by atoms with E-state index in [0.717, 1.165) is 28.7 Å². The Bertz CT molecular complexity index is 633. The van der Waals surface area contributed by atoms with Crippen LogP contribution in [0.15, 0.2) is 24.3 Å². The lowest BCUT2D eigenvalue weighted by molar-refractivity contribution is 0.0730. The van der Waals surface area contributed by atoms with Gasteiger partial charge in [0.05, 0.1) is 17.1 Å². The van der Waals surface area contributed by atoms with Crippen molar-refractivity contribution in [2.24, 2.45) is 24.8 Å². The monoisotopic (exact) mass is 270 g/mol. The van der Waals surface area contributed by atoms with E-state index in [-0.39, 0.29) is 6.10 Å². The molecule has 1 aromatic carbocycles. The molecule has 2 saturated carbocycles. The Kier molecular flexibility index (Phi) is 2.84. The molecule has 1 N–H and O–H groups in total. The number of aromatic nitrogens is 2. The molecule has 4 rings (SSSR count). The van der Waals surface area contributed by atoms with Crippen LogP contribution in [0.25, 0.3) is 11.0 Å². The van der Waals surface area contributed by atoms with Crippen molar-refractivity contribution in [2.75, 3.05) is 0 Å². The van der Waals surface area contributed by atoms with Crippen LogP contribution in [-0.2, 0) is 13.5 Å². The van der Waals surface area contributed by atoms with Crippen LogP contribution in [0.3, 0.4) is 0 Å². The zero-order valence-electron chi connectivity index (χ0n) is 12.0. The number of nitrogens with zero attached hydrogens (tertiary/aromatic N) is 2. The first-order chi connectivity index (χ1) is 9.72. The smallest absolute Gasteiger partial charge is 0.112 e. The summed E-state index contributed by atoms with van der Waals surface area (Å²) in [7, 11) is 2.05. The van der Waals surface area contributed by atoms with E-state index in [0.29, 0.717) is 12.3 Å². The molecule has 1 heterocycles. The van der Waals surface area contributed by atoms with Crippen molar-refractivity contribution in [3.05, 3.63) is 30.1 Å². The minimum atomic E-state index is -0.221. The van der Waals surface area contributed by atoms with Crippen LogP contribution < -0.4 is 0 Å². The third-order valence-electron chi connectivity index (χ3n) is 5.56. The summed E-state index contributed by atoms with van der Waals surface area (Å²) in [5.74, 6) is 3.18. The molecule has 20 heavy (non-hydrogen) atoms. The van der Waals surface area contributed by atoms with Crippen molar-refractivity contribution in [3.63, 3.8) is 0 Å². The van der Waals surface area contributed by atoms with Crippen LogP contribution in [-0.4, -0.2) is 20.8 Å². The minimum Gasteiger partial charge on any atom is -0.392 e. The Hall–Kier alpha value is -1.35. The van der Waals surface area contributed by atoms with E-state index in [1.54, 1.807) is 0 Å². The van der Waals surface area contributed by atoms with Crippen LogP contribution in [0.5, 0.6) is 0 Å². The maximum Gasteiger partial charge on any atom is 0.112 e. The Morgan fingerprint density at radius 2 is 2.15 bits per heavy atom. The van der Waals surface area contributed by atoms with Crippen LogP contribution >= 0.6 is 0 Å². The van der Waals surface area contributed by atoms with Gasteiger partial charge in [-0.25, -0.2) is 4.98 Å². The number of aryl methyl sites for hydroxylation is 1. The number of rotatable bonds is 3. The molecule has 0 amide bonds. The molecular weight excluding hydrogens is 248 g/mol. The second-order valence-corrected chi connectivity index (χ2v) is 6.69. The molecule has 2 aliphatic rings. The van der Waals surface area contributed by atoms with Gasteiger partial charge in [-0.3, -0.25) is 0 Å². The van der Waals surface area contributed by atoms with E-state index in [2.05, 4.69) is 22.7 Å². The van der Waals surface area contributed by atoms with E-state index >= 15 is 0 Å². The predicted octanol–water partition coefficient (Wildman–Crippen LogP) is 2.91. The van der Waals surface area contributed by atoms with Crippen molar-refractivity contribution in [1.82, 2.24) is 9.55 Å². The lowest BCUT2D eigenvalue weighted by Crippen LogP contribution is -2.28. The number of imidazole rings is 1. The predicted molar refractivity (Wildman–Crippen MR) is 79.4 cm³/mol. The lowest BCUT2D eigenvalue weighted by atomic mass is 9.83. The van der Waals surface area contributed by atoms with Gasteiger partial charge in [-0.1, -0.05) is 18.6 Å². The van der Waals surface area contributed by atoms with E-state index in [4.69, 9.17) is 0 Å². The Morgan fingerprint density at radius 1 is 1.30 bits per heavy atom. The largest absolute Gasteiger partial charge is 0.392 e. The fourth-order valence-electron chi connectivity index (χ4n) is 4.48. The summed E-state index contributed by atoms with van der Waals surface area (Å²) in [6.45, 7) is 0. The normalized spacial score (nSPS) is 30.2. The molecule has 0 spiro atoms. The van der Waals surface area contributed by atoms with E-state index in [1.165, 1.54) is 25.7 Å². The molecule has 106 valence electrons. The molecule has 0 saturated heterocycles. The number of aliphatic hydroxyl groups is 1. The van der Waals surface area contributed by atoms with E-state index in [1.807, 2.05) is 18.2 Å². The highest BCUT2D eigenvalue weighted by atomic mass is 16.3. The summed E-state index contributed by atoms with van der Waals surface area (Å²) in [5, 5.41) is 10.6. The average molecular weight is 270 g/mol. The summed E-state index contributed by atoms with van der Waals surface area (Å²) >= 11 is 0. The fourth-order valence-corrected chi connectivity index (χ4v) is 4.48. The van der Waals surface area contributed by atoms with Crippen molar-refractivity contribution in [1.29, 1.82) is 0 Å².